The zero-order valence-corrected chi connectivity index (χ0v) is 14.1. The van der Waals surface area contributed by atoms with Crippen LogP contribution in [0.15, 0.2) is 48.5 Å². The molecular formula is C19H18N4O2. The maximum absolute atomic E-state index is 5.26. The number of benzene rings is 2. The number of rotatable bonds is 5. The lowest BCUT2D eigenvalue weighted by Gasteiger charge is -2.08. The summed E-state index contributed by atoms with van der Waals surface area (Å²) in [6.07, 6.45) is 0. The Morgan fingerprint density at radius 2 is 1.60 bits per heavy atom. The van der Waals surface area contributed by atoms with Crippen molar-refractivity contribution in [1.29, 1.82) is 0 Å². The normalized spacial score (nSPS) is 11.3. The van der Waals surface area contributed by atoms with E-state index >= 15 is 0 Å². The molecule has 2 heterocycles. The van der Waals surface area contributed by atoms with Crippen molar-refractivity contribution in [3.8, 4) is 17.1 Å². The summed E-state index contributed by atoms with van der Waals surface area (Å²) in [6, 6.07) is 15.6. The molecule has 0 radical (unpaired) electrons. The smallest absolute Gasteiger partial charge is 0.198 e. The highest BCUT2D eigenvalue weighted by molar-refractivity contribution is 5.84. The van der Waals surface area contributed by atoms with Gasteiger partial charge in [-0.15, -0.1) is 0 Å². The van der Waals surface area contributed by atoms with E-state index in [2.05, 4.69) is 9.55 Å². The molecule has 0 aliphatic rings. The topological polar surface area (TPSA) is 62.1 Å². The number of nitrogens with zero attached hydrogens (tertiary/aromatic N) is 4. The molecule has 0 aliphatic heterocycles. The lowest BCUT2D eigenvalue weighted by atomic mass is 10.2. The summed E-state index contributed by atoms with van der Waals surface area (Å²) >= 11 is 0. The number of hydrogen-bond acceptors (Lipinski definition) is 5. The standard InChI is InChI=1S/C19H18N4O2/c1-24-12-11-23-18(13-7-9-14(25-2)10-8-13)22-17-19(23)21-16-6-4-3-5-15(16)20-17/h3-10H,11-12H2,1-2H3. The molecule has 0 saturated heterocycles. The maximum Gasteiger partial charge on any atom is 0.198 e. The van der Waals surface area contributed by atoms with Gasteiger partial charge in [-0.2, -0.15) is 0 Å². The zero-order chi connectivity index (χ0) is 17.2. The van der Waals surface area contributed by atoms with Gasteiger partial charge in [0.25, 0.3) is 0 Å². The molecule has 0 atom stereocenters. The quantitative estimate of drug-likeness (QED) is 0.560. The van der Waals surface area contributed by atoms with Crippen LogP contribution < -0.4 is 4.74 Å². The summed E-state index contributed by atoms with van der Waals surface area (Å²) in [5.74, 6) is 1.63. The minimum Gasteiger partial charge on any atom is -0.497 e. The van der Waals surface area contributed by atoms with Gasteiger partial charge in [0.05, 0.1) is 24.8 Å². The monoisotopic (exact) mass is 334 g/mol. The first-order valence-corrected chi connectivity index (χ1v) is 8.06. The molecule has 0 N–H and O–H groups in total. The van der Waals surface area contributed by atoms with E-state index in [4.69, 9.17) is 19.4 Å². The molecule has 0 amide bonds. The van der Waals surface area contributed by atoms with Gasteiger partial charge in [0, 0.05) is 19.2 Å². The molecule has 4 rings (SSSR count). The molecule has 0 unspecified atom stereocenters. The van der Waals surface area contributed by atoms with Crippen molar-refractivity contribution in [3.63, 3.8) is 0 Å². The summed E-state index contributed by atoms with van der Waals surface area (Å²) in [7, 11) is 3.34. The first-order valence-electron chi connectivity index (χ1n) is 8.06. The molecule has 2 aromatic heterocycles. The third kappa shape index (κ3) is 2.81. The predicted molar refractivity (Wildman–Crippen MR) is 96.7 cm³/mol. The molecular weight excluding hydrogens is 316 g/mol. The van der Waals surface area contributed by atoms with E-state index in [0.29, 0.717) is 18.8 Å². The number of imidazole rings is 1. The number of hydrogen-bond donors (Lipinski definition) is 0. The molecule has 25 heavy (non-hydrogen) atoms. The van der Waals surface area contributed by atoms with Gasteiger partial charge in [-0.1, -0.05) is 12.1 Å². The number of methoxy groups -OCH3 is 2. The zero-order valence-electron chi connectivity index (χ0n) is 14.1. The van der Waals surface area contributed by atoms with Crippen molar-refractivity contribution in [2.24, 2.45) is 0 Å². The Kier molecular flexibility index (Phi) is 4.03. The number of ether oxygens (including phenoxy) is 2. The number of para-hydroxylation sites is 2. The Hall–Kier alpha value is -2.99. The van der Waals surface area contributed by atoms with Crippen LogP contribution in [-0.2, 0) is 11.3 Å². The SMILES string of the molecule is COCCn1c(-c2ccc(OC)cc2)nc2nc3ccccc3nc21. The van der Waals surface area contributed by atoms with E-state index in [1.807, 2.05) is 48.5 Å². The van der Waals surface area contributed by atoms with Crippen LogP contribution in [0, 0.1) is 0 Å². The average molecular weight is 334 g/mol. The van der Waals surface area contributed by atoms with Crippen molar-refractivity contribution in [3.05, 3.63) is 48.5 Å². The Morgan fingerprint density at radius 3 is 2.28 bits per heavy atom. The molecule has 6 nitrogen and oxygen atoms in total. The van der Waals surface area contributed by atoms with Crippen LogP contribution in [0.4, 0.5) is 0 Å². The summed E-state index contributed by atoms with van der Waals surface area (Å²) in [4.78, 5) is 14.2. The molecule has 6 heteroatoms. The molecule has 4 aromatic rings. The largest absolute Gasteiger partial charge is 0.497 e. The van der Waals surface area contributed by atoms with E-state index in [0.717, 1.165) is 33.8 Å². The molecule has 0 bridgehead atoms. The Labute approximate surface area is 145 Å². The van der Waals surface area contributed by atoms with Crippen LogP contribution in [0.5, 0.6) is 5.75 Å². The van der Waals surface area contributed by atoms with Gasteiger partial charge >= 0.3 is 0 Å². The van der Waals surface area contributed by atoms with Crippen molar-refractivity contribution < 1.29 is 9.47 Å². The van der Waals surface area contributed by atoms with Crippen LogP contribution in [0.1, 0.15) is 0 Å². The van der Waals surface area contributed by atoms with Crippen LogP contribution in [0.25, 0.3) is 33.7 Å². The highest BCUT2D eigenvalue weighted by Crippen LogP contribution is 2.26. The van der Waals surface area contributed by atoms with Gasteiger partial charge in [-0.25, -0.2) is 15.0 Å². The van der Waals surface area contributed by atoms with Gasteiger partial charge < -0.3 is 14.0 Å². The number of fused-ring (bicyclic) bond motifs is 2. The molecule has 0 fully saturated rings. The molecule has 126 valence electrons. The maximum atomic E-state index is 5.26. The van der Waals surface area contributed by atoms with Crippen molar-refractivity contribution >= 4 is 22.3 Å². The minimum absolute atomic E-state index is 0.573. The Morgan fingerprint density at radius 1 is 0.880 bits per heavy atom. The lowest BCUT2D eigenvalue weighted by molar-refractivity contribution is 0.188. The second-order valence-electron chi connectivity index (χ2n) is 5.67. The third-order valence-corrected chi connectivity index (χ3v) is 4.12. The lowest BCUT2D eigenvalue weighted by Crippen LogP contribution is -2.07. The van der Waals surface area contributed by atoms with Crippen molar-refractivity contribution in [1.82, 2.24) is 19.5 Å². The second kappa shape index (κ2) is 6.49. The first-order chi connectivity index (χ1) is 12.3. The van der Waals surface area contributed by atoms with Crippen LogP contribution in [-0.4, -0.2) is 40.3 Å². The molecule has 0 saturated carbocycles. The fraction of sp³-hybridized carbons (Fsp3) is 0.211. The Bertz CT molecular complexity index is 1020. The average Bonchev–Trinajstić information content (AvgIpc) is 3.02. The van der Waals surface area contributed by atoms with E-state index in [1.165, 1.54) is 0 Å². The predicted octanol–water partition coefficient (Wildman–Crippen LogP) is 3.30. The minimum atomic E-state index is 0.573. The van der Waals surface area contributed by atoms with Gasteiger partial charge in [-0.3, -0.25) is 0 Å². The van der Waals surface area contributed by atoms with Crippen LogP contribution >= 0.6 is 0 Å². The molecule has 2 aromatic carbocycles. The molecule has 0 spiro atoms. The summed E-state index contributed by atoms with van der Waals surface area (Å²) in [6.45, 7) is 1.23. The van der Waals surface area contributed by atoms with Crippen LogP contribution in [0.3, 0.4) is 0 Å². The van der Waals surface area contributed by atoms with E-state index < -0.39 is 0 Å². The second-order valence-corrected chi connectivity index (χ2v) is 5.67. The van der Waals surface area contributed by atoms with Gasteiger partial charge in [-0.05, 0) is 36.4 Å². The highest BCUT2D eigenvalue weighted by Gasteiger charge is 2.16. The van der Waals surface area contributed by atoms with Crippen LogP contribution in [0.2, 0.25) is 0 Å². The van der Waals surface area contributed by atoms with E-state index in [1.54, 1.807) is 14.2 Å². The summed E-state index contributed by atoms with van der Waals surface area (Å²) < 4.78 is 12.6. The van der Waals surface area contributed by atoms with Gasteiger partial charge in [0.2, 0.25) is 0 Å². The fourth-order valence-electron chi connectivity index (χ4n) is 2.85. The fourth-order valence-corrected chi connectivity index (χ4v) is 2.85. The summed E-state index contributed by atoms with van der Waals surface area (Å²) in [5, 5.41) is 0. The van der Waals surface area contributed by atoms with Crippen molar-refractivity contribution in [2.75, 3.05) is 20.8 Å². The first kappa shape index (κ1) is 15.5. The van der Waals surface area contributed by atoms with E-state index in [-0.39, 0.29) is 0 Å². The van der Waals surface area contributed by atoms with Gasteiger partial charge in [0.1, 0.15) is 11.6 Å². The van der Waals surface area contributed by atoms with E-state index in [9.17, 15) is 0 Å². The highest BCUT2D eigenvalue weighted by atomic mass is 16.5. The molecule has 0 aliphatic carbocycles. The third-order valence-electron chi connectivity index (χ3n) is 4.12. The number of aromatic nitrogens is 4. The Balaban J connectivity index is 1.92. The summed E-state index contributed by atoms with van der Waals surface area (Å²) in [5.41, 5.74) is 4.09. The van der Waals surface area contributed by atoms with Gasteiger partial charge in [0.15, 0.2) is 11.3 Å². The van der Waals surface area contributed by atoms with Crippen molar-refractivity contribution in [2.45, 2.75) is 6.54 Å².